The van der Waals surface area contributed by atoms with Crippen molar-refractivity contribution in [3.63, 3.8) is 0 Å². The van der Waals surface area contributed by atoms with Gasteiger partial charge < -0.3 is 14.8 Å². The molecule has 1 saturated heterocycles. The molecule has 2 aromatic carbocycles. The fourth-order valence-electron chi connectivity index (χ4n) is 3.97. The zero-order valence-corrected chi connectivity index (χ0v) is 18.6. The number of hydrogen-bond donors (Lipinski definition) is 1. The van der Waals surface area contributed by atoms with Crippen LogP contribution in [0, 0.1) is 5.92 Å². The minimum atomic E-state index is 0.0438. The second-order valence-electron chi connectivity index (χ2n) is 7.75. The Morgan fingerprint density at radius 2 is 1.97 bits per heavy atom. The lowest BCUT2D eigenvalue weighted by Gasteiger charge is -2.32. The van der Waals surface area contributed by atoms with E-state index in [1.165, 1.54) is 5.56 Å². The van der Waals surface area contributed by atoms with Crippen LogP contribution < -0.4 is 14.8 Å². The average molecular weight is 431 g/mol. The number of carbonyl (C=O) groups is 1. The van der Waals surface area contributed by atoms with Crippen LogP contribution in [0.15, 0.2) is 42.5 Å². The molecule has 1 N–H and O–H groups in total. The van der Waals surface area contributed by atoms with Gasteiger partial charge in [0.2, 0.25) is 5.91 Å². The quantitative estimate of drug-likeness (QED) is 0.602. The monoisotopic (exact) mass is 430 g/mol. The predicted octanol–water partition coefficient (Wildman–Crippen LogP) is 4.32. The van der Waals surface area contributed by atoms with Crippen LogP contribution in [-0.2, 0) is 17.8 Å². The average Bonchev–Trinajstić information content (AvgIpc) is 2.78. The van der Waals surface area contributed by atoms with Crippen molar-refractivity contribution in [2.75, 3.05) is 33.9 Å². The van der Waals surface area contributed by atoms with Gasteiger partial charge in [0.25, 0.3) is 0 Å². The van der Waals surface area contributed by atoms with Crippen molar-refractivity contribution in [1.29, 1.82) is 0 Å². The van der Waals surface area contributed by atoms with Gasteiger partial charge in [-0.1, -0.05) is 35.9 Å². The zero-order valence-electron chi connectivity index (χ0n) is 17.8. The Morgan fingerprint density at radius 1 is 1.17 bits per heavy atom. The SMILES string of the molecule is COc1ccc(CCCNC(=O)C2CCCN(Cc3ccccc3Cl)C2)cc1OC. The Labute approximate surface area is 184 Å². The number of benzene rings is 2. The molecule has 3 rings (SSSR count). The van der Waals surface area contributed by atoms with Crippen LogP contribution in [0.3, 0.4) is 0 Å². The largest absolute Gasteiger partial charge is 0.493 e. The highest BCUT2D eigenvalue weighted by Crippen LogP contribution is 2.28. The molecule has 1 atom stereocenters. The topological polar surface area (TPSA) is 50.8 Å². The Morgan fingerprint density at radius 3 is 2.73 bits per heavy atom. The van der Waals surface area contributed by atoms with Gasteiger partial charge in [-0.15, -0.1) is 0 Å². The summed E-state index contributed by atoms with van der Waals surface area (Å²) < 4.78 is 10.6. The molecule has 1 unspecified atom stereocenters. The third-order valence-corrected chi connectivity index (χ3v) is 5.99. The molecule has 162 valence electrons. The van der Waals surface area contributed by atoms with Crippen LogP contribution in [0.2, 0.25) is 5.02 Å². The van der Waals surface area contributed by atoms with E-state index >= 15 is 0 Å². The summed E-state index contributed by atoms with van der Waals surface area (Å²) in [5, 5.41) is 3.91. The molecule has 0 radical (unpaired) electrons. The number of methoxy groups -OCH3 is 2. The third kappa shape index (κ3) is 6.13. The van der Waals surface area contributed by atoms with Gasteiger partial charge in [0.15, 0.2) is 11.5 Å². The van der Waals surface area contributed by atoms with E-state index < -0.39 is 0 Å². The van der Waals surface area contributed by atoms with Gasteiger partial charge in [-0.3, -0.25) is 9.69 Å². The van der Waals surface area contributed by atoms with Crippen molar-refractivity contribution in [1.82, 2.24) is 10.2 Å². The molecule has 1 heterocycles. The summed E-state index contributed by atoms with van der Waals surface area (Å²) in [6.07, 6.45) is 3.75. The smallest absolute Gasteiger partial charge is 0.224 e. The van der Waals surface area contributed by atoms with E-state index in [2.05, 4.69) is 16.3 Å². The van der Waals surface area contributed by atoms with Gasteiger partial charge in [-0.2, -0.15) is 0 Å². The lowest BCUT2D eigenvalue weighted by molar-refractivity contribution is -0.126. The standard InChI is InChI=1S/C24H31ClN2O3/c1-29-22-12-11-18(15-23(22)30-2)7-5-13-26-24(28)20-9-6-14-27(17-20)16-19-8-3-4-10-21(19)25/h3-4,8,10-12,15,20H,5-7,9,13-14,16-17H2,1-2H3,(H,26,28). The highest BCUT2D eigenvalue weighted by atomic mass is 35.5. The molecule has 1 amide bonds. The molecule has 1 fully saturated rings. The number of likely N-dealkylation sites (tertiary alicyclic amines) is 1. The zero-order chi connectivity index (χ0) is 21.3. The molecule has 2 aromatic rings. The second kappa shape index (κ2) is 11.2. The van der Waals surface area contributed by atoms with Crippen molar-refractivity contribution in [3.8, 4) is 11.5 Å². The van der Waals surface area contributed by atoms with Gasteiger partial charge in [0, 0.05) is 24.7 Å². The number of hydrogen-bond acceptors (Lipinski definition) is 4. The molecule has 0 spiro atoms. The molecule has 1 aliphatic rings. The van der Waals surface area contributed by atoms with Crippen LogP contribution in [0.25, 0.3) is 0 Å². The lowest BCUT2D eigenvalue weighted by Crippen LogP contribution is -2.43. The van der Waals surface area contributed by atoms with Crippen molar-refractivity contribution in [2.45, 2.75) is 32.2 Å². The Kier molecular flexibility index (Phi) is 8.40. The molecule has 5 nitrogen and oxygen atoms in total. The van der Waals surface area contributed by atoms with Crippen molar-refractivity contribution in [3.05, 3.63) is 58.6 Å². The first-order chi connectivity index (χ1) is 14.6. The summed E-state index contributed by atoms with van der Waals surface area (Å²) >= 11 is 6.29. The number of carbonyl (C=O) groups excluding carboxylic acids is 1. The Bertz CT molecular complexity index is 843. The molecule has 0 aromatic heterocycles. The van der Waals surface area contributed by atoms with Crippen molar-refractivity contribution in [2.24, 2.45) is 5.92 Å². The van der Waals surface area contributed by atoms with Crippen LogP contribution >= 0.6 is 11.6 Å². The van der Waals surface area contributed by atoms with Crippen LogP contribution in [0.1, 0.15) is 30.4 Å². The number of aryl methyl sites for hydroxylation is 1. The number of ether oxygens (including phenoxy) is 2. The molecule has 6 heteroatoms. The van der Waals surface area contributed by atoms with E-state index in [-0.39, 0.29) is 11.8 Å². The van der Waals surface area contributed by atoms with Crippen LogP contribution in [0.5, 0.6) is 11.5 Å². The van der Waals surface area contributed by atoms with E-state index in [4.69, 9.17) is 21.1 Å². The van der Waals surface area contributed by atoms with Gasteiger partial charge >= 0.3 is 0 Å². The maximum Gasteiger partial charge on any atom is 0.224 e. The minimum Gasteiger partial charge on any atom is -0.493 e. The van der Waals surface area contributed by atoms with Gasteiger partial charge in [-0.25, -0.2) is 0 Å². The van der Waals surface area contributed by atoms with E-state index in [0.717, 1.165) is 67.4 Å². The molecular weight excluding hydrogens is 400 g/mol. The summed E-state index contributed by atoms with van der Waals surface area (Å²) in [5.41, 5.74) is 2.29. The first-order valence-corrected chi connectivity index (χ1v) is 10.9. The lowest BCUT2D eigenvalue weighted by atomic mass is 9.96. The number of nitrogens with zero attached hydrogens (tertiary/aromatic N) is 1. The molecule has 0 saturated carbocycles. The fraction of sp³-hybridized carbons (Fsp3) is 0.458. The van der Waals surface area contributed by atoms with Gasteiger partial charge in [0.05, 0.1) is 20.1 Å². The summed E-state index contributed by atoms with van der Waals surface area (Å²) in [7, 11) is 3.27. The summed E-state index contributed by atoms with van der Waals surface area (Å²) in [4.78, 5) is 15.0. The third-order valence-electron chi connectivity index (χ3n) is 5.62. The van der Waals surface area contributed by atoms with E-state index in [9.17, 15) is 4.79 Å². The number of nitrogens with one attached hydrogen (secondary N) is 1. The normalized spacial score (nSPS) is 16.8. The molecule has 30 heavy (non-hydrogen) atoms. The molecular formula is C24H31ClN2O3. The van der Waals surface area contributed by atoms with Crippen molar-refractivity contribution >= 4 is 17.5 Å². The highest BCUT2D eigenvalue weighted by Gasteiger charge is 2.25. The highest BCUT2D eigenvalue weighted by molar-refractivity contribution is 6.31. The predicted molar refractivity (Wildman–Crippen MR) is 120 cm³/mol. The number of rotatable bonds is 9. The minimum absolute atomic E-state index is 0.0438. The number of halogens is 1. The van der Waals surface area contributed by atoms with Gasteiger partial charge in [0.1, 0.15) is 0 Å². The van der Waals surface area contributed by atoms with E-state index in [0.29, 0.717) is 6.54 Å². The first kappa shape index (κ1) is 22.4. The molecule has 1 aliphatic heterocycles. The second-order valence-corrected chi connectivity index (χ2v) is 8.16. The summed E-state index contributed by atoms with van der Waals surface area (Å²) in [6.45, 7) is 3.26. The number of amides is 1. The fourth-order valence-corrected chi connectivity index (χ4v) is 4.16. The van der Waals surface area contributed by atoms with Crippen LogP contribution in [-0.4, -0.2) is 44.7 Å². The van der Waals surface area contributed by atoms with Crippen LogP contribution in [0.4, 0.5) is 0 Å². The molecule has 0 aliphatic carbocycles. The van der Waals surface area contributed by atoms with E-state index in [1.54, 1.807) is 14.2 Å². The Balaban J connectivity index is 1.43. The van der Waals surface area contributed by atoms with Gasteiger partial charge in [-0.05, 0) is 61.6 Å². The van der Waals surface area contributed by atoms with Crippen molar-refractivity contribution < 1.29 is 14.3 Å². The number of piperidine rings is 1. The maximum absolute atomic E-state index is 12.7. The summed E-state index contributed by atoms with van der Waals surface area (Å²) in [6, 6.07) is 13.9. The van der Waals surface area contributed by atoms with E-state index in [1.807, 2.05) is 36.4 Å². The molecule has 0 bridgehead atoms. The summed E-state index contributed by atoms with van der Waals surface area (Å²) in [5.74, 6) is 1.67. The Hall–Kier alpha value is -2.24. The maximum atomic E-state index is 12.7. The first-order valence-electron chi connectivity index (χ1n) is 10.5.